The van der Waals surface area contributed by atoms with E-state index in [1.807, 2.05) is 28.5 Å². The van der Waals surface area contributed by atoms with Gasteiger partial charge >= 0.3 is 0 Å². The summed E-state index contributed by atoms with van der Waals surface area (Å²) < 4.78 is 0.777. The maximum Gasteiger partial charge on any atom is 0.234 e. The molecule has 0 fully saturated rings. The molecule has 5 nitrogen and oxygen atoms in total. The number of thioether (sulfide) groups is 1. The lowest BCUT2D eigenvalue weighted by atomic mass is 10.1. The van der Waals surface area contributed by atoms with Crippen molar-refractivity contribution < 1.29 is 9.59 Å². The van der Waals surface area contributed by atoms with Gasteiger partial charge in [0.05, 0.1) is 17.9 Å². The van der Waals surface area contributed by atoms with Crippen LogP contribution in [0.15, 0.2) is 58.3 Å². The Balaban J connectivity index is 1.31. The molecule has 1 aromatic heterocycles. The Bertz CT molecular complexity index is 1070. The first-order valence-corrected chi connectivity index (χ1v) is 11.8. The van der Waals surface area contributed by atoms with Gasteiger partial charge in [-0.3, -0.25) is 9.59 Å². The second-order valence-electron chi connectivity index (χ2n) is 7.07. The number of benzene rings is 2. The van der Waals surface area contributed by atoms with Gasteiger partial charge in [0.1, 0.15) is 0 Å². The van der Waals surface area contributed by atoms with Crippen LogP contribution in [0.25, 0.3) is 0 Å². The summed E-state index contributed by atoms with van der Waals surface area (Å²) in [4.78, 5) is 31.4. The largest absolute Gasteiger partial charge is 0.325 e. The molecule has 0 saturated heterocycles. The SMILES string of the molecule is CC1Cc2ccccc2N1C(=O)Cc1csc(SCC(=O)Nc2ccc(Cl)cc2)n1. The lowest BCUT2D eigenvalue weighted by Crippen LogP contribution is -2.36. The Morgan fingerprint density at radius 3 is 2.80 bits per heavy atom. The van der Waals surface area contributed by atoms with Gasteiger partial charge in [-0.15, -0.1) is 11.3 Å². The number of carbonyl (C=O) groups is 2. The Morgan fingerprint density at radius 1 is 1.23 bits per heavy atom. The van der Waals surface area contributed by atoms with Crippen LogP contribution in [0, 0.1) is 0 Å². The molecule has 1 aliphatic heterocycles. The molecule has 0 bridgehead atoms. The van der Waals surface area contributed by atoms with Gasteiger partial charge in [0, 0.05) is 27.8 Å². The van der Waals surface area contributed by atoms with Crippen molar-refractivity contribution in [3.05, 3.63) is 70.2 Å². The van der Waals surface area contributed by atoms with Crippen molar-refractivity contribution in [3.8, 4) is 0 Å². The highest BCUT2D eigenvalue weighted by Crippen LogP contribution is 2.32. The van der Waals surface area contributed by atoms with Crippen molar-refractivity contribution in [1.29, 1.82) is 0 Å². The third-order valence-electron chi connectivity index (χ3n) is 4.79. The first kappa shape index (κ1) is 20.9. The number of fused-ring (bicyclic) bond motifs is 1. The van der Waals surface area contributed by atoms with Crippen LogP contribution in [0.4, 0.5) is 11.4 Å². The number of aromatic nitrogens is 1. The number of para-hydroxylation sites is 1. The number of amides is 2. The molecule has 1 N–H and O–H groups in total. The molecule has 0 radical (unpaired) electrons. The van der Waals surface area contributed by atoms with Gasteiger partial charge in [-0.2, -0.15) is 0 Å². The van der Waals surface area contributed by atoms with Gasteiger partial charge in [0.25, 0.3) is 0 Å². The van der Waals surface area contributed by atoms with Crippen molar-refractivity contribution >= 4 is 57.9 Å². The molecule has 3 aromatic rings. The highest BCUT2D eigenvalue weighted by Gasteiger charge is 2.30. The summed E-state index contributed by atoms with van der Waals surface area (Å²) in [6, 6.07) is 15.2. The molecule has 2 aromatic carbocycles. The van der Waals surface area contributed by atoms with E-state index in [0.29, 0.717) is 10.7 Å². The predicted molar refractivity (Wildman–Crippen MR) is 124 cm³/mol. The zero-order valence-electron chi connectivity index (χ0n) is 16.3. The summed E-state index contributed by atoms with van der Waals surface area (Å²) in [5.74, 6) is 0.187. The fraction of sp³-hybridized carbons (Fsp3) is 0.227. The van der Waals surface area contributed by atoms with Crippen LogP contribution < -0.4 is 10.2 Å². The predicted octanol–water partition coefficient (Wildman–Crippen LogP) is 5.05. The van der Waals surface area contributed by atoms with Crippen LogP contribution in [-0.4, -0.2) is 28.6 Å². The second kappa shape index (κ2) is 9.20. The first-order chi connectivity index (χ1) is 14.5. The van der Waals surface area contributed by atoms with Gasteiger partial charge in [0.2, 0.25) is 11.8 Å². The van der Waals surface area contributed by atoms with Crippen LogP contribution in [0.3, 0.4) is 0 Å². The second-order valence-corrected chi connectivity index (χ2v) is 9.59. The fourth-order valence-electron chi connectivity index (χ4n) is 3.48. The van der Waals surface area contributed by atoms with Crippen LogP contribution in [0.5, 0.6) is 0 Å². The summed E-state index contributed by atoms with van der Waals surface area (Å²) >= 11 is 8.67. The van der Waals surface area contributed by atoms with E-state index in [-0.39, 0.29) is 30.0 Å². The number of thiazole rings is 1. The van der Waals surface area contributed by atoms with E-state index in [2.05, 4.69) is 23.3 Å². The number of rotatable bonds is 6. The molecule has 1 atom stereocenters. The van der Waals surface area contributed by atoms with Gasteiger partial charge in [-0.1, -0.05) is 41.6 Å². The summed E-state index contributed by atoms with van der Waals surface area (Å²) in [5.41, 5.74) is 3.65. The summed E-state index contributed by atoms with van der Waals surface area (Å²) in [6.45, 7) is 2.07. The van der Waals surface area contributed by atoms with Gasteiger partial charge in [0.15, 0.2) is 4.34 Å². The third kappa shape index (κ3) is 4.86. The summed E-state index contributed by atoms with van der Waals surface area (Å²) in [6.07, 6.45) is 1.13. The molecule has 1 aliphatic rings. The monoisotopic (exact) mass is 457 g/mol. The number of nitrogens with zero attached hydrogens (tertiary/aromatic N) is 2. The Labute approximate surface area is 188 Å². The van der Waals surface area contributed by atoms with Crippen LogP contribution in [0.1, 0.15) is 18.2 Å². The number of hydrogen-bond acceptors (Lipinski definition) is 5. The van der Waals surface area contributed by atoms with Gasteiger partial charge in [-0.05, 0) is 49.2 Å². The van der Waals surface area contributed by atoms with Crippen molar-refractivity contribution in [2.75, 3.05) is 16.0 Å². The maximum absolute atomic E-state index is 12.9. The molecule has 2 amide bonds. The Kier molecular flexibility index (Phi) is 6.41. The quantitative estimate of drug-likeness (QED) is 0.526. The minimum absolute atomic E-state index is 0.0507. The topological polar surface area (TPSA) is 62.3 Å². The van der Waals surface area contributed by atoms with E-state index in [4.69, 9.17) is 11.6 Å². The number of carbonyl (C=O) groups excluding carboxylic acids is 2. The minimum atomic E-state index is -0.113. The molecular weight excluding hydrogens is 438 g/mol. The van der Waals surface area contributed by atoms with Crippen molar-refractivity contribution in [3.63, 3.8) is 0 Å². The molecular formula is C22H20ClN3O2S2. The van der Waals surface area contributed by atoms with Crippen molar-refractivity contribution in [2.24, 2.45) is 0 Å². The maximum atomic E-state index is 12.9. The lowest BCUT2D eigenvalue weighted by molar-refractivity contribution is -0.118. The third-order valence-corrected chi connectivity index (χ3v) is 7.12. The average molecular weight is 458 g/mol. The zero-order valence-corrected chi connectivity index (χ0v) is 18.7. The van der Waals surface area contributed by atoms with Crippen molar-refractivity contribution in [1.82, 2.24) is 4.98 Å². The van der Waals surface area contributed by atoms with Crippen LogP contribution >= 0.6 is 34.7 Å². The number of halogens is 1. The van der Waals surface area contributed by atoms with E-state index in [9.17, 15) is 9.59 Å². The molecule has 154 valence electrons. The summed E-state index contributed by atoms with van der Waals surface area (Å²) in [7, 11) is 0. The fourth-order valence-corrected chi connectivity index (χ4v) is 5.25. The molecule has 0 spiro atoms. The van der Waals surface area contributed by atoms with Crippen molar-refractivity contribution in [2.45, 2.75) is 30.1 Å². The van der Waals surface area contributed by atoms with E-state index in [1.54, 1.807) is 24.3 Å². The number of nitrogens with one attached hydrogen (secondary N) is 1. The highest BCUT2D eigenvalue weighted by molar-refractivity contribution is 8.01. The highest BCUT2D eigenvalue weighted by atomic mass is 35.5. The molecule has 1 unspecified atom stereocenters. The van der Waals surface area contributed by atoms with E-state index < -0.39 is 0 Å². The zero-order chi connectivity index (χ0) is 21.1. The molecule has 30 heavy (non-hydrogen) atoms. The molecule has 2 heterocycles. The molecule has 0 saturated carbocycles. The van der Waals surface area contributed by atoms with E-state index >= 15 is 0 Å². The number of anilines is 2. The normalized spacial score (nSPS) is 15.1. The lowest BCUT2D eigenvalue weighted by Gasteiger charge is -2.22. The van der Waals surface area contributed by atoms with Crippen LogP contribution in [0.2, 0.25) is 5.02 Å². The molecule has 0 aliphatic carbocycles. The molecule has 4 rings (SSSR count). The summed E-state index contributed by atoms with van der Waals surface area (Å²) in [5, 5.41) is 5.34. The Morgan fingerprint density at radius 2 is 2.00 bits per heavy atom. The van der Waals surface area contributed by atoms with Gasteiger partial charge < -0.3 is 10.2 Å². The van der Waals surface area contributed by atoms with E-state index in [1.165, 1.54) is 28.7 Å². The number of hydrogen-bond donors (Lipinski definition) is 1. The standard InChI is InChI=1S/C22H20ClN3O2S2/c1-14-10-15-4-2-3-5-19(15)26(14)21(28)11-18-12-29-22(25-18)30-13-20(27)24-17-8-6-16(23)7-9-17/h2-9,12,14H,10-11,13H2,1H3,(H,24,27). The average Bonchev–Trinajstić information content (AvgIpc) is 3.31. The van der Waals surface area contributed by atoms with Gasteiger partial charge in [-0.25, -0.2) is 4.98 Å². The van der Waals surface area contributed by atoms with Crippen LogP contribution in [-0.2, 0) is 22.4 Å². The Hall–Kier alpha value is -2.35. The molecule has 8 heteroatoms. The van der Waals surface area contributed by atoms with E-state index in [0.717, 1.165) is 22.1 Å². The smallest absolute Gasteiger partial charge is 0.234 e. The first-order valence-electron chi connectivity index (χ1n) is 9.52. The minimum Gasteiger partial charge on any atom is -0.325 e.